The molecule has 2 aliphatic heterocycles. The minimum absolute atomic E-state index is 0.00424. The highest BCUT2D eigenvalue weighted by Gasteiger charge is 2.28. The molecule has 5 heteroatoms. The van der Waals surface area contributed by atoms with Crippen molar-refractivity contribution in [2.75, 3.05) is 18.0 Å². The van der Waals surface area contributed by atoms with Crippen LogP contribution in [0.2, 0.25) is 0 Å². The Balaban J connectivity index is 1.40. The zero-order valence-electron chi connectivity index (χ0n) is 15.1. The number of nitrogens with zero attached hydrogens (tertiary/aromatic N) is 1. The van der Waals surface area contributed by atoms with Gasteiger partial charge >= 0.3 is 0 Å². The maximum Gasteiger partial charge on any atom is 0.250 e. The molecule has 5 nitrogen and oxygen atoms in total. The zero-order valence-corrected chi connectivity index (χ0v) is 15.1. The van der Waals surface area contributed by atoms with Crippen LogP contribution in [0.1, 0.15) is 37.7 Å². The summed E-state index contributed by atoms with van der Waals surface area (Å²) in [4.78, 5) is 26.8. The molecule has 0 aromatic heterocycles. The van der Waals surface area contributed by atoms with E-state index in [1.54, 1.807) is 6.08 Å². The number of amides is 2. The molecule has 2 fully saturated rings. The summed E-state index contributed by atoms with van der Waals surface area (Å²) in [5, 5.41) is 6.27. The van der Waals surface area contributed by atoms with Crippen molar-refractivity contribution in [1.82, 2.24) is 10.6 Å². The van der Waals surface area contributed by atoms with Gasteiger partial charge in [0.25, 0.3) is 5.91 Å². The van der Waals surface area contributed by atoms with Crippen molar-refractivity contribution in [3.05, 3.63) is 42.0 Å². The van der Waals surface area contributed by atoms with E-state index in [9.17, 15) is 9.59 Å². The molecular weight excluding hydrogens is 326 g/mol. The van der Waals surface area contributed by atoms with Crippen molar-refractivity contribution in [3.8, 4) is 0 Å². The van der Waals surface area contributed by atoms with Crippen LogP contribution in [0.15, 0.2) is 36.4 Å². The number of nitrogens with one attached hydrogen (secondary N) is 2. The van der Waals surface area contributed by atoms with Gasteiger partial charge in [-0.15, -0.1) is 0 Å². The Kier molecular flexibility index (Phi) is 5.07. The second-order valence-corrected chi connectivity index (χ2v) is 7.67. The largest absolute Gasteiger partial charge is 0.349 e. The van der Waals surface area contributed by atoms with Crippen molar-refractivity contribution in [3.63, 3.8) is 0 Å². The fourth-order valence-electron chi connectivity index (χ4n) is 3.92. The van der Waals surface area contributed by atoms with E-state index in [0.29, 0.717) is 5.92 Å². The van der Waals surface area contributed by atoms with E-state index in [2.05, 4.69) is 16.7 Å². The van der Waals surface area contributed by atoms with Gasteiger partial charge in [0.05, 0.1) is 6.04 Å². The van der Waals surface area contributed by atoms with Crippen LogP contribution in [-0.2, 0) is 16.0 Å². The molecule has 1 aromatic carbocycles. The number of carbonyl (C=O) groups excluding carboxylic acids is 2. The number of carbonyl (C=O) groups is 2. The predicted octanol–water partition coefficient (Wildman–Crippen LogP) is 2.17. The lowest BCUT2D eigenvalue weighted by Gasteiger charge is -2.32. The van der Waals surface area contributed by atoms with Gasteiger partial charge in [0.15, 0.2) is 0 Å². The quantitative estimate of drug-likeness (QED) is 0.771. The van der Waals surface area contributed by atoms with E-state index in [4.69, 9.17) is 0 Å². The molecule has 3 aliphatic rings. The summed E-state index contributed by atoms with van der Waals surface area (Å²) in [6, 6.07) is 7.95. The Hall–Kier alpha value is -2.14. The van der Waals surface area contributed by atoms with E-state index in [0.717, 1.165) is 38.0 Å². The molecule has 0 bridgehead atoms. The van der Waals surface area contributed by atoms with Crippen LogP contribution in [0.3, 0.4) is 0 Å². The summed E-state index contributed by atoms with van der Waals surface area (Å²) < 4.78 is 0. The average Bonchev–Trinajstić information content (AvgIpc) is 2.97. The number of anilines is 1. The highest BCUT2D eigenvalue weighted by atomic mass is 16.2. The average molecular weight is 353 g/mol. The van der Waals surface area contributed by atoms with E-state index in [1.807, 2.05) is 29.2 Å². The minimum atomic E-state index is -0.0616. The molecular formula is C21H27N3O2. The Morgan fingerprint density at radius 2 is 2.08 bits per heavy atom. The smallest absolute Gasteiger partial charge is 0.250 e. The molecule has 2 atom stereocenters. The first-order valence-electron chi connectivity index (χ1n) is 9.82. The van der Waals surface area contributed by atoms with Gasteiger partial charge < -0.3 is 15.5 Å². The molecule has 0 radical (unpaired) electrons. The van der Waals surface area contributed by atoms with Gasteiger partial charge in [-0.2, -0.15) is 0 Å². The summed E-state index contributed by atoms with van der Waals surface area (Å²) in [7, 11) is 0. The topological polar surface area (TPSA) is 61.4 Å². The molecule has 26 heavy (non-hydrogen) atoms. The lowest BCUT2D eigenvalue weighted by molar-refractivity contribution is -0.125. The molecule has 1 saturated heterocycles. The van der Waals surface area contributed by atoms with Crippen LogP contribution >= 0.6 is 0 Å². The Labute approximate surface area is 154 Å². The van der Waals surface area contributed by atoms with E-state index in [1.165, 1.54) is 24.8 Å². The first-order chi connectivity index (χ1) is 12.7. The first-order valence-corrected chi connectivity index (χ1v) is 9.82. The normalized spacial score (nSPS) is 23.2. The first kappa shape index (κ1) is 17.3. The Bertz CT molecular complexity index is 707. The second kappa shape index (κ2) is 7.62. The van der Waals surface area contributed by atoms with Crippen molar-refractivity contribution in [1.29, 1.82) is 0 Å². The number of benzene rings is 1. The fraction of sp³-hybridized carbons (Fsp3) is 0.524. The summed E-state index contributed by atoms with van der Waals surface area (Å²) in [5.74, 6) is 0.732. The van der Waals surface area contributed by atoms with Crippen molar-refractivity contribution < 1.29 is 9.59 Å². The van der Waals surface area contributed by atoms with Gasteiger partial charge in [0.2, 0.25) is 5.91 Å². The van der Waals surface area contributed by atoms with E-state index in [-0.39, 0.29) is 23.9 Å². The highest BCUT2D eigenvalue weighted by molar-refractivity contribution is 6.03. The van der Waals surface area contributed by atoms with Crippen molar-refractivity contribution in [2.45, 2.75) is 50.6 Å². The molecule has 1 aromatic rings. The lowest BCUT2D eigenvalue weighted by atomic mass is 9.80. The van der Waals surface area contributed by atoms with Crippen LogP contribution in [0, 0.1) is 5.92 Å². The van der Waals surface area contributed by atoms with Crippen LogP contribution in [0.5, 0.6) is 0 Å². The Morgan fingerprint density at radius 3 is 2.77 bits per heavy atom. The summed E-state index contributed by atoms with van der Waals surface area (Å²) in [6.45, 7) is 1.64. The molecule has 4 rings (SSSR count). The van der Waals surface area contributed by atoms with Gasteiger partial charge in [0, 0.05) is 24.4 Å². The standard InChI is InChI=1S/C21H27N3O2/c25-20(24-13-11-16-6-1-2-7-19(16)24)9-8-17(14-15-4-3-5-15)23-21(26)18-10-12-22-18/h1-2,6-9,15,17-18,22H,3-5,10-14H2,(H,23,26)/b9-8+/t17-,18+/m1/s1. The molecule has 0 spiro atoms. The van der Waals surface area contributed by atoms with Crippen molar-refractivity contribution in [2.24, 2.45) is 5.92 Å². The second-order valence-electron chi connectivity index (χ2n) is 7.67. The predicted molar refractivity (Wildman–Crippen MR) is 102 cm³/mol. The van der Waals surface area contributed by atoms with Crippen LogP contribution in [0.4, 0.5) is 5.69 Å². The van der Waals surface area contributed by atoms with E-state index >= 15 is 0 Å². The van der Waals surface area contributed by atoms with Crippen molar-refractivity contribution >= 4 is 17.5 Å². The van der Waals surface area contributed by atoms with Gasteiger partial charge in [-0.05, 0) is 43.4 Å². The third kappa shape index (κ3) is 3.68. The molecule has 1 aliphatic carbocycles. The molecule has 0 unspecified atom stereocenters. The molecule has 138 valence electrons. The molecule has 2 heterocycles. The monoisotopic (exact) mass is 353 g/mol. The summed E-state index contributed by atoms with van der Waals surface area (Å²) >= 11 is 0. The maximum absolute atomic E-state index is 12.7. The summed E-state index contributed by atoms with van der Waals surface area (Å²) in [6.07, 6.45) is 10.0. The number of hydrogen-bond donors (Lipinski definition) is 2. The third-order valence-electron chi connectivity index (χ3n) is 5.90. The number of para-hydroxylation sites is 1. The van der Waals surface area contributed by atoms with Gasteiger partial charge in [0.1, 0.15) is 0 Å². The SMILES string of the molecule is O=C(N[C@H](/C=C/C(=O)N1CCc2ccccc21)CC1CCC1)[C@@H]1CCN1. The van der Waals surface area contributed by atoms with Gasteiger partial charge in [-0.25, -0.2) is 0 Å². The van der Waals surface area contributed by atoms with Gasteiger partial charge in [-0.3, -0.25) is 9.59 Å². The van der Waals surface area contributed by atoms with Crippen LogP contribution < -0.4 is 15.5 Å². The number of fused-ring (bicyclic) bond motifs is 1. The number of hydrogen-bond acceptors (Lipinski definition) is 3. The highest BCUT2D eigenvalue weighted by Crippen LogP contribution is 2.31. The fourth-order valence-corrected chi connectivity index (χ4v) is 3.92. The lowest BCUT2D eigenvalue weighted by Crippen LogP contribution is -2.55. The third-order valence-corrected chi connectivity index (χ3v) is 5.90. The maximum atomic E-state index is 12.7. The molecule has 2 amide bonds. The number of rotatable bonds is 6. The van der Waals surface area contributed by atoms with Gasteiger partial charge in [-0.1, -0.05) is 43.5 Å². The summed E-state index contributed by atoms with van der Waals surface area (Å²) in [5.41, 5.74) is 2.24. The Morgan fingerprint density at radius 1 is 1.27 bits per heavy atom. The zero-order chi connectivity index (χ0) is 17.9. The minimum Gasteiger partial charge on any atom is -0.349 e. The molecule has 1 saturated carbocycles. The van der Waals surface area contributed by atoms with E-state index < -0.39 is 0 Å². The molecule has 2 N–H and O–H groups in total. The van der Waals surface area contributed by atoms with Crippen LogP contribution in [0.25, 0.3) is 0 Å². The van der Waals surface area contributed by atoms with Crippen LogP contribution in [-0.4, -0.2) is 37.0 Å².